The first kappa shape index (κ1) is 13.2. The van der Waals surface area contributed by atoms with Crippen LogP contribution in [0.15, 0.2) is 11.4 Å². The molecule has 1 saturated heterocycles. The van der Waals surface area contributed by atoms with Gasteiger partial charge in [0.05, 0.1) is 0 Å². The van der Waals surface area contributed by atoms with Crippen LogP contribution in [0.3, 0.4) is 0 Å². The van der Waals surface area contributed by atoms with Gasteiger partial charge in [0.15, 0.2) is 0 Å². The number of nitrogens with zero attached hydrogens (tertiary/aromatic N) is 1. The van der Waals surface area contributed by atoms with Gasteiger partial charge in [0.1, 0.15) is 6.61 Å². The lowest BCUT2D eigenvalue weighted by atomic mass is 9.92. The summed E-state index contributed by atoms with van der Waals surface area (Å²) in [7, 11) is 0. The van der Waals surface area contributed by atoms with Crippen LogP contribution in [0, 0.1) is 17.8 Å². The number of hydrogen-bond donors (Lipinski definition) is 1. The van der Waals surface area contributed by atoms with Gasteiger partial charge in [-0.15, -0.1) is 11.3 Å². The van der Waals surface area contributed by atoms with E-state index in [2.05, 4.69) is 28.2 Å². The molecule has 1 aliphatic carbocycles. The number of aliphatic hydroxyl groups excluding tert-OH is 1. The first-order valence-corrected chi connectivity index (χ1v) is 8.16. The van der Waals surface area contributed by atoms with E-state index in [1.165, 1.54) is 43.5 Å². The molecule has 2 heterocycles. The first-order chi connectivity index (χ1) is 9.36. The van der Waals surface area contributed by atoms with Crippen molar-refractivity contribution in [2.24, 2.45) is 5.92 Å². The molecular formula is C16H21NOS. The second-order valence-electron chi connectivity index (χ2n) is 5.63. The highest BCUT2D eigenvalue weighted by molar-refractivity contribution is 7.10. The molecule has 1 N–H and O–H groups in total. The number of rotatable bonds is 2. The molecule has 0 aromatic carbocycles. The van der Waals surface area contributed by atoms with Crippen molar-refractivity contribution in [3.8, 4) is 11.8 Å². The van der Waals surface area contributed by atoms with Crippen molar-refractivity contribution in [2.75, 3.05) is 13.2 Å². The maximum absolute atomic E-state index is 8.72. The van der Waals surface area contributed by atoms with Crippen molar-refractivity contribution in [3.05, 3.63) is 21.9 Å². The van der Waals surface area contributed by atoms with E-state index in [1.807, 2.05) is 0 Å². The fraction of sp³-hybridized carbons (Fsp3) is 0.625. The summed E-state index contributed by atoms with van der Waals surface area (Å²) >= 11 is 1.80. The van der Waals surface area contributed by atoms with Crippen LogP contribution in [0.2, 0.25) is 0 Å². The standard InChI is InChI=1S/C16H21NOS/c18-9-3-4-13-10-15(19-12-13)11-17-8-2-6-14-5-1-7-16(14)17/h10,12,14,16,18H,1-2,5-9,11H2. The molecule has 2 nitrogen and oxygen atoms in total. The minimum Gasteiger partial charge on any atom is -0.384 e. The highest BCUT2D eigenvalue weighted by Crippen LogP contribution is 2.37. The van der Waals surface area contributed by atoms with Crippen molar-refractivity contribution in [1.82, 2.24) is 4.90 Å². The normalized spacial score (nSPS) is 26.8. The molecule has 0 amide bonds. The average Bonchev–Trinajstić information content (AvgIpc) is 3.05. The van der Waals surface area contributed by atoms with Crippen LogP contribution in [0.5, 0.6) is 0 Å². The van der Waals surface area contributed by atoms with Crippen molar-refractivity contribution >= 4 is 11.3 Å². The zero-order valence-electron chi connectivity index (χ0n) is 11.3. The van der Waals surface area contributed by atoms with Gasteiger partial charge in [0, 0.05) is 28.4 Å². The van der Waals surface area contributed by atoms with E-state index in [4.69, 9.17) is 5.11 Å². The minimum absolute atomic E-state index is 0.0545. The van der Waals surface area contributed by atoms with Gasteiger partial charge in [-0.2, -0.15) is 0 Å². The molecule has 1 aliphatic heterocycles. The SMILES string of the molecule is OCC#Cc1csc(CN2CCCC3CCCC32)c1. The van der Waals surface area contributed by atoms with Crippen molar-refractivity contribution < 1.29 is 5.11 Å². The maximum atomic E-state index is 8.72. The van der Waals surface area contributed by atoms with Gasteiger partial charge in [-0.3, -0.25) is 4.90 Å². The largest absolute Gasteiger partial charge is 0.384 e. The van der Waals surface area contributed by atoms with E-state index in [1.54, 1.807) is 11.3 Å². The number of aliphatic hydroxyl groups is 1. The van der Waals surface area contributed by atoms with Gasteiger partial charge in [-0.1, -0.05) is 18.3 Å². The molecule has 2 aliphatic rings. The molecular weight excluding hydrogens is 254 g/mol. The summed E-state index contributed by atoms with van der Waals surface area (Å²) in [6, 6.07) is 3.02. The number of fused-ring (bicyclic) bond motifs is 1. The van der Waals surface area contributed by atoms with Crippen LogP contribution in [-0.2, 0) is 6.54 Å². The maximum Gasteiger partial charge on any atom is 0.104 e. The highest BCUT2D eigenvalue weighted by atomic mass is 32.1. The summed E-state index contributed by atoms with van der Waals surface area (Å²) in [5, 5.41) is 10.8. The predicted octanol–water partition coefficient (Wildman–Crippen LogP) is 2.86. The van der Waals surface area contributed by atoms with E-state index >= 15 is 0 Å². The summed E-state index contributed by atoms with van der Waals surface area (Å²) in [6.45, 7) is 2.30. The third-order valence-electron chi connectivity index (χ3n) is 4.43. The molecule has 1 aromatic heterocycles. The average molecular weight is 275 g/mol. The van der Waals surface area contributed by atoms with Crippen LogP contribution < -0.4 is 0 Å². The smallest absolute Gasteiger partial charge is 0.104 e. The lowest BCUT2D eigenvalue weighted by molar-refractivity contribution is 0.107. The molecule has 0 spiro atoms. The van der Waals surface area contributed by atoms with E-state index < -0.39 is 0 Å². The van der Waals surface area contributed by atoms with E-state index in [9.17, 15) is 0 Å². The quantitative estimate of drug-likeness (QED) is 0.839. The molecule has 2 unspecified atom stereocenters. The number of piperidine rings is 1. The summed E-state index contributed by atoms with van der Waals surface area (Å²) < 4.78 is 0. The Morgan fingerprint density at radius 1 is 1.32 bits per heavy atom. The predicted molar refractivity (Wildman–Crippen MR) is 79.1 cm³/mol. The van der Waals surface area contributed by atoms with Crippen molar-refractivity contribution in [2.45, 2.75) is 44.7 Å². The van der Waals surface area contributed by atoms with Gasteiger partial charge in [-0.25, -0.2) is 0 Å². The lowest BCUT2D eigenvalue weighted by Gasteiger charge is -2.37. The van der Waals surface area contributed by atoms with Gasteiger partial charge < -0.3 is 5.11 Å². The monoisotopic (exact) mass is 275 g/mol. The van der Waals surface area contributed by atoms with E-state index in [0.717, 1.165) is 24.1 Å². The van der Waals surface area contributed by atoms with Gasteiger partial charge in [0.2, 0.25) is 0 Å². The summed E-state index contributed by atoms with van der Waals surface area (Å²) in [6.07, 6.45) is 7.07. The molecule has 102 valence electrons. The zero-order chi connectivity index (χ0) is 13.1. The molecule has 2 atom stereocenters. The third kappa shape index (κ3) is 3.02. The van der Waals surface area contributed by atoms with Crippen molar-refractivity contribution in [3.63, 3.8) is 0 Å². The molecule has 19 heavy (non-hydrogen) atoms. The lowest BCUT2D eigenvalue weighted by Crippen LogP contribution is -2.41. The Morgan fingerprint density at radius 3 is 3.11 bits per heavy atom. The summed E-state index contributed by atoms with van der Waals surface area (Å²) in [4.78, 5) is 4.10. The molecule has 0 bridgehead atoms. The van der Waals surface area contributed by atoms with Crippen LogP contribution in [0.4, 0.5) is 0 Å². The minimum atomic E-state index is -0.0545. The van der Waals surface area contributed by atoms with Crippen LogP contribution in [0.25, 0.3) is 0 Å². The van der Waals surface area contributed by atoms with Gasteiger partial charge in [0.25, 0.3) is 0 Å². The van der Waals surface area contributed by atoms with Gasteiger partial charge in [-0.05, 0) is 44.2 Å². The van der Waals surface area contributed by atoms with Crippen LogP contribution in [-0.4, -0.2) is 29.2 Å². The second kappa shape index (κ2) is 6.09. The Morgan fingerprint density at radius 2 is 2.21 bits per heavy atom. The van der Waals surface area contributed by atoms with E-state index in [0.29, 0.717) is 0 Å². The number of hydrogen-bond acceptors (Lipinski definition) is 3. The Labute approximate surface area is 119 Å². The highest BCUT2D eigenvalue weighted by Gasteiger charge is 2.34. The fourth-order valence-electron chi connectivity index (χ4n) is 3.62. The molecule has 3 rings (SSSR count). The Bertz CT molecular complexity index is 484. The molecule has 0 radical (unpaired) electrons. The zero-order valence-corrected chi connectivity index (χ0v) is 12.1. The van der Waals surface area contributed by atoms with Crippen LogP contribution in [0.1, 0.15) is 42.5 Å². The summed E-state index contributed by atoms with van der Waals surface area (Å²) in [5.41, 5.74) is 1.05. The summed E-state index contributed by atoms with van der Waals surface area (Å²) in [5.74, 6) is 6.67. The molecule has 1 aromatic rings. The van der Waals surface area contributed by atoms with Crippen molar-refractivity contribution in [1.29, 1.82) is 0 Å². The molecule has 3 heteroatoms. The molecule has 2 fully saturated rings. The van der Waals surface area contributed by atoms with E-state index in [-0.39, 0.29) is 6.61 Å². The Hall–Kier alpha value is -0.820. The number of likely N-dealkylation sites (tertiary alicyclic amines) is 1. The fourth-order valence-corrected chi connectivity index (χ4v) is 4.46. The topological polar surface area (TPSA) is 23.5 Å². The van der Waals surface area contributed by atoms with Crippen LogP contribution >= 0.6 is 11.3 Å². The Balaban J connectivity index is 1.65. The second-order valence-corrected chi connectivity index (χ2v) is 6.63. The first-order valence-electron chi connectivity index (χ1n) is 7.28. The number of thiophene rings is 1. The molecule has 1 saturated carbocycles. The van der Waals surface area contributed by atoms with Gasteiger partial charge >= 0.3 is 0 Å². The third-order valence-corrected chi connectivity index (χ3v) is 5.35. The Kier molecular flexibility index (Phi) is 4.22.